The van der Waals surface area contributed by atoms with E-state index < -0.39 is 0 Å². The first kappa shape index (κ1) is 13.9. The van der Waals surface area contributed by atoms with Gasteiger partial charge in [-0.25, -0.2) is 0 Å². The first-order valence-electron chi connectivity index (χ1n) is 8.71. The van der Waals surface area contributed by atoms with Gasteiger partial charge in [0.25, 0.3) is 0 Å². The smallest absolute Gasteiger partial charge is 0.0468 e. The molecule has 2 aliphatic carbocycles. The molecule has 19 heavy (non-hydrogen) atoms. The van der Waals surface area contributed by atoms with Gasteiger partial charge in [-0.2, -0.15) is 0 Å². The van der Waals surface area contributed by atoms with Crippen LogP contribution >= 0.6 is 0 Å². The fourth-order valence-corrected chi connectivity index (χ4v) is 4.69. The number of hydrogen-bond acceptors (Lipinski definition) is 2. The van der Waals surface area contributed by atoms with E-state index in [-0.39, 0.29) is 0 Å². The zero-order valence-corrected chi connectivity index (χ0v) is 12.6. The summed E-state index contributed by atoms with van der Waals surface area (Å²) in [6.45, 7) is 5.51. The molecule has 2 nitrogen and oxygen atoms in total. The normalized spacial score (nSPS) is 36.8. The van der Waals surface area contributed by atoms with Gasteiger partial charge in [-0.05, 0) is 68.7 Å². The van der Waals surface area contributed by atoms with E-state index in [2.05, 4.69) is 12.2 Å². The molecule has 1 N–H and O–H groups in total. The van der Waals surface area contributed by atoms with Crippen LogP contribution in [0.2, 0.25) is 0 Å². The summed E-state index contributed by atoms with van der Waals surface area (Å²) in [5, 5.41) is 3.89. The number of nitrogens with one attached hydrogen (secondary N) is 1. The number of rotatable bonds is 6. The summed E-state index contributed by atoms with van der Waals surface area (Å²) in [7, 11) is 0. The average molecular weight is 265 g/mol. The number of ether oxygens (including phenoxy) is 1. The van der Waals surface area contributed by atoms with Gasteiger partial charge in [0.2, 0.25) is 0 Å². The van der Waals surface area contributed by atoms with Gasteiger partial charge in [-0.15, -0.1) is 0 Å². The van der Waals surface area contributed by atoms with Gasteiger partial charge >= 0.3 is 0 Å². The highest BCUT2D eigenvalue weighted by molar-refractivity contribution is 5.04. The summed E-state index contributed by atoms with van der Waals surface area (Å²) < 4.78 is 5.51. The predicted molar refractivity (Wildman–Crippen MR) is 79.2 cm³/mol. The summed E-state index contributed by atoms with van der Waals surface area (Å²) >= 11 is 0. The Labute approximate surface area is 118 Å². The monoisotopic (exact) mass is 265 g/mol. The lowest BCUT2D eigenvalue weighted by atomic mass is 9.89. The maximum Gasteiger partial charge on any atom is 0.0468 e. The van der Waals surface area contributed by atoms with Crippen LogP contribution in [0.4, 0.5) is 0 Å². The van der Waals surface area contributed by atoms with Gasteiger partial charge in [-0.1, -0.05) is 19.8 Å². The van der Waals surface area contributed by atoms with Gasteiger partial charge in [0.1, 0.15) is 0 Å². The number of hydrogen-bond donors (Lipinski definition) is 1. The SMILES string of the molecule is CCCNC(CC1CCOCC1)C1C2CCCCC21. The Morgan fingerprint density at radius 3 is 2.37 bits per heavy atom. The Kier molecular flexibility index (Phi) is 4.81. The molecule has 0 aromatic carbocycles. The van der Waals surface area contributed by atoms with Crippen molar-refractivity contribution in [3.05, 3.63) is 0 Å². The third-order valence-electron chi connectivity index (χ3n) is 5.77. The van der Waals surface area contributed by atoms with Gasteiger partial charge in [0.05, 0.1) is 0 Å². The van der Waals surface area contributed by atoms with Crippen molar-refractivity contribution < 1.29 is 4.74 Å². The molecular formula is C17H31NO. The lowest BCUT2D eigenvalue weighted by molar-refractivity contribution is 0.0593. The third kappa shape index (κ3) is 3.33. The van der Waals surface area contributed by atoms with E-state index in [9.17, 15) is 0 Å². The lowest BCUT2D eigenvalue weighted by Gasteiger charge is -2.28. The topological polar surface area (TPSA) is 21.3 Å². The summed E-state index contributed by atoms with van der Waals surface area (Å²) in [6, 6.07) is 0.816. The zero-order valence-electron chi connectivity index (χ0n) is 12.6. The fraction of sp³-hybridized carbons (Fsp3) is 1.00. The van der Waals surface area contributed by atoms with E-state index in [4.69, 9.17) is 4.74 Å². The molecule has 2 saturated carbocycles. The maximum absolute atomic E-state index is 5.51. The average Bonchev–Trinajstić information content (AvgIpc) is 3.19. The van der Waals surface area contributed by atoms with Crippen molar-refractivity contribution in [2.45, 2.75) is 64.3 Å². The molecule has 3 aliphatic rings. The van der Waals surface area contributed by atoms with Crippen molar-refractivity contribution in [1.29, 1.82) is 0 Å². The second-order valence-electron chi connectivity index (χ2n) is 7.04. The molecular weight excluding hydrogens is 234 g/mol. The van der Waals surface area contributed by atoms with E-state index in [0.29, 0.717) is 0 Å². The van der Waals surface area contributed by atoms with Crippen molar-refractivity contribution in [2.24, 2.45) is 23.7 Å². The molecule has 1 heterocycles. The Hall–Kier alpha value is -0.0800. The van der Waals surface area contributed by atoms with Crippen LogP contribution in [0.3, 0.4) is 0 Å². The van der Waals surface area contributed by atoms with Crippen LogP contribution in [0.5, 0.6) is 0 Å². The van der Waals surface area contributed by atoms with Crippen LogP contribution in [0.15, 0.2) is 0 Å². The molecule has 0 bridgehead atoms. The lowest BCUT2D eigenvalue weighted by Crippen LogP contribution is -2.36. The molecule has 3 atom stereocenters. The van der Waals surface area contributed by atoms with Crippen molar-refractivity contribution >= 4 is 0 Å². The zero-order chi connectivity index (χ0) is 13.1. The largest absolute Gasteiger partial charge is 0.381 e. The van der Waals surface area contributed by atoms with Crippen LogP contribution in [-0.2, 0) is 4.74 Å². The third-order valence-corrected chi connectivity index (χ3v) is 5.77. The minimum atomic E-state index is 0.816. The van der Waals surface area contributed by atoms with Crippen LogP contribution in [-0.4, -0.2) is 25.8 Å². The summed E-state index contributed by atoms with van der Waals surface area (Å²) in [4.78, 5) is 0. The number of fused-ring (bicyclic) bond motifs is 1. The second kappa shape index (κ2) is 6.58. The summed E-state index contributed by atoms with van der Waals surface area (Å²) in [5.74, 6) is 4.12. The van der Waals surface area contributed by atoms with Crippen LogP contribution < -0.4 is 5.32 Å². The van der Waals surface area contributed by atoms with E-state index in [1.807, 2.05) is 0 Å². The van der Waals surface area contributed by atoms with E-state index in [1.54, 1.807) is 0 Å². The molecule has 3 unspecified atom stereocenters. The Morgan fingerprint density at radius 1 is 1.05 bits per heavy atom. The van der Waals surface area contributed by atoms with Crippen molar-refractivity contribution in [1.82, 2.24) is 5.32 Å². The molecule has 2 heteroatoms. The standard InChI is InChI=1S/C17H31NO/c1-2-9-18-16(12-13-7-10-19-11-8-13)17-14-5-3-4-6-15(14)17/h13-18H,2-12H2,1H3. The molecule has 0 aromatic heterocycles. The van der Waals surface area contributed by atoms with Gasteiger partial charge in [-0.3, -0.25) is 0 Å². The molecule has 110 valence electrons. The predicted octanol–water partition coefficient (Wildman–Crippen LogP) is 3.61. The molecule has 1 aliphatic heterocycles. The second-order valence-corrected chi connectivity index (χ2v) is 7.04. The van der Waals surface area contributed by atoms with Gasteiger partial charge in [0.15, 0.2) is 0 Å². The van der Waals surface area contributed by atoms with Crippen LogP contribution in [0.1, 0.15) is 58.3 Å². The highest BCUT2D eigenvalue weighted by atomic mass is 16.5. The van der Waals surface area contributed by atoms with Crippen LogP contribution in [0, 0.1) is 23.7 Å². The van der Waals surface area contributed by atoms with Crippen molar-refractivity contribution in [2.75, 3.05) is 19.8 Å². The van der Waals surface area contributed by atoms with E-state index >= 15 is 0 Å². The molecule has 3 rings (SSSR count). The summed E-state index contributed by atoms with van der Waals surface area (Å²) in [5.41, 5.74) is 0. The Morgan fingerprint density at radius 2 is 1.74 bits per heavy atom. The Bertz CT molecular complexity index is 262. The molecule has 1 saturated heterocycles. The van der Waals surface area contributed by atoms with Crippen LogP contribution in [0.25, 0.3) is 0 Å². The minimum absolute atomic E-state index is 0.816. The Balaban J connectivity index is 1.54. The molecule has 0 aromatic rings. The first-order chi connectivity index (χ1) is 9.40. The molecule has 0 spiro atoms. The first-order valence-corrected chi connectivity index (χ1v) is 8.71. The molecule has 3 fully saturated rings. The van der Waals surface area contributed by atoms with Crippen molar-refractivity contribution in [3.63, 3.8) is 0 Å². The quantitative estimate of drug-likeness (QED) is 0.792. The molecule has 0 radical (unpaired) electrons. The summed E-state index contributed by atoms with van der Waals surface area (Å²) in [6.07, 6.45) is 11.3. The van der Waals surface area contributed by atoms with Gasteiger partial charge < -0.3 is 10.1 Å². The molecule has 0 amide bonds. The highest BCUT2D eigenvalue weighted by Crippen LogP contribution is 2.57. The highest BCUT2D eigenvalue weighted by Gasteiger charge is 2.53. The van der Waals surface area contributed by atoms with E-state index in [0.717, 1.165) is 42.9 Å². The fourth-order valence-electron chi connectivity index (χ4n) is 4.69. The van der Waals surface area contributed by atoms with Gasteiger partial charge in [0, 0.05) is 19.3 Å². The maximum atomic E-state index is 5.51. The van der Waals surface area contributed by atoms with E-state index in [1.165, 1.54) is 57.9 Å². The minimum Gasteiger partial charge on any atom is -0.381 e. The van der Waals surface area contributed by atoms with Crippen molar-refractivity contribution in [3.8, 4) is 0 Å².